The van der Waals surface area contributed by atoms with Crippen LogP contribution in [0.25, 0.3) is 22.4 Å². The Kier molecular flexibility index (Phi) is 4.37. The maximum atomic E-state index is 6.25. The first-order valence-electron chi connectivity index (χ1n) is 6.72. The van der Waals surface area contributed by atoms with Crippen LogP contribution in [0.15, 0.2) is 28.7 Å². The molecule has 0 spiro atoms. The van der Waals surface area contributed by atoms with Gasteiger partial charge in [0, 0.05) is 10.0 Å². The van der Waals surface area contributed by atoms with Gasteiger partial charge in [0.05, 0.1) is 31.9 Å². The fourth-order valence-electron chi connectivity index (χ4n) is 2.40. The predicted octanol–water partition coefficient (Wildman–Crippen LogP) is 4.67. The number of methoxy groups -OCH3 is 3. The summed E-state index contributed by atoms with van der Waals surface area (Å²) >= 11 is 9.67. The van der Waals surface area contributed by atoms with Crippen LogP contribution in [-0.2, 0) is 0 Å². The molecule has 0 saturated heterocycles. The predicted molar refractivity (Wildman–Crippen MR) is 93.9 cm³/mol. The average Bonchev–Trinajstić information content (AvgIpc) is 2.97. The highest BCUT2D eigenvalue weighted by molar-refractivity contribution is 9.10. The maximum Gasteiger partial charge on any atom is 0.203 e. The van der Waals surface area contributed by atoms with E-state index < -0.39 is 0 Å². The van der Waals surface area contributed by atoms with Gasteiger partial charge in [-0.15, -0.1) is 0 Å². The lowest BCUT2D eigenvalue weighted by molar-refractivity contribution is 0.324. The number of ether oxygens (including phenoxy) is 3. The van der Waals surface area contributed by atoms with Gasteiger partial charge in [0.15, 0.2) is 11.5 Å². The highest BCUT2D eigenvalue weighted by atomic mass is 79.9. The maximum absolute atomic E-state index is 6.25. The van der Waals surface area contributed by atoms with Crippen molar-refractivity contribution in [3.8, 4) is 28.6 Å². The Balaban J connectivity index is 2.20. The first kappa shape index (κ1) is 16.0. The average molecular weight is 398 g/mol. The summed E-state index contributed by atoms with van der Waals surface area (Å²) in [6.07, 6.45) is 0. The summed E-state index contributed by atoms with van der Waals surface area (Å²) in [5.41, 5.74) is 2.36. The molecular weight excluding hydrogens is 384 g/mol. The number of rotatable bonds is 4. The van der Waals surface area contributed by atoms with Crippen LogP contribution in [0.5, 0.6) is 17.2 Å². The van der Waals surface area contributed by atoms with Crippen LogP contribution in [0, 0.1) is 0 Å². The van der Waals surface area contributed by atoms with Gasteiger partial charge in [-0.2, -0.15) is 0 Å². The second-order valence-corrected chi connectivity index (χ2v) is 6.11. The smallest absolute Gasteiger partial charge is 0.203 e. The van der Waals surface area contributed by atoms with Gasteiger partial charge < -0.3 is 19.2 Å². The van der Waals surface area contributed by atoms with Gasteiger partial charge in [0.2, 0.25) is 5.75 Å². The van der Waals surface area contributed by atoms with E-state index >= 15 is 0 Å². The molecular formula is C16H14BrClN2O3. The first-order valence-corrected chi connectivity index (χ1v) is 7.89. The minimum absolute atomic E-state index is 0.538. The van der Waals surface area contributed by atoms with Crippen molar-refractivity contribution in [3.63, 3.8) is 0 Å². The van der Waals surface area contributed by atoms with Crippen molar-refractivity contribution in [2.45, 2.75) is 0 Å². The zero-order valence-electron chi connectivity index (χ0n) is 12.7. The quantitative estimate of drug-likeness (QED) is 0.695. The summed E-state index contributed by atoms with van der Waals surface area (Å²) in [4.78, 5) is 7.83. The molecule has 0 unspecified atom stereocenters. The first-order chi connectivity index (χ1) is 11.1. The van der Waals surface area contributed by atoms with E-state index in [1.54, 1.807) is 21.3 Å². The topological polar surface area (TPSA) is 56.4 Å². The standard InChI is InChI=1S/C16H14BrClN2O3/c1-21-12-4-8(5-13(22-2)15(12)23-3)16-19-11-7-9(17)6-10(18)14(11)20-16/h4-7H,1-3H3,(H,19,20). The minimum Gasteiger partial charge on any atom is -0.493 e. The molecule has 0 aliphatic heterocycles. The van der Waals surface area contributed by atoms with Crippen LogP contribution in [0.3, 0.4) is 0 Å². The number of aromatic nitrogens is 2. The molecule has 5 nitrogen and oxygen atoms in total. The fourth-order valence-corrected chi connectivity index (χ4v) is 3.25. The lowest BCUT2D eigenvalue weighted by atomic mass is 10.1. The SMILES string of the molecule is COc1cc(-c2nc3c(Cl)cc(Br)cc3[nH]2)cc(OC)c1OC. The lowest BCUT2D eigenvalue weighted by Gasteiger charge is -2.13. The number of fused-ring (bicyclic) bond motifs is 1. The molecule has 1 N–H and O–H groups in total. The Morgan fingerprint density at radius 2 is 1.65 bits per heavy atom. The molecule has 3 rings (SSSR count). The van der Waals surface area contributed by atoms with Crippen LogP contribution >= 0.6 is 27.5 Å². The van der Waals surface area contributed by atoms with Gasteiger partial charge >= 0.3 is 0 Å². The lowest BCUT2D eigenvalue weighted by Crippen LogP contribution is -1.96. The Morgan fingerprint density at radius 3 is 2.22 bits per heavy atom. The van der Waals surface area contributed by atoms with Gasteiger partial charge in [0.1, 0.15) is 11.3 Å². The van der Waals surface area contributed by atoms with Crippen LogP contribution in [0.1, 0.15) is 0 Å². The second kappa shape index (κ2) is 6.29. The summed E-state index contributed by atoms with van der Waals surface area (Å²) < 4.78 is 17.0. The molecule has 0 amide bonds. The van der Waals surface area contributed by atoms with Gasteiger partial charge in [-0.05, 0) is 24.3 Å². The van der Waals surface area contributed by atoms with Crippen molar-refractivity contribution in [1.82, 2.24) is 9.97 Å². The van der Waals surface area contributed by atoms with Gasteiger partial charge in [0.25, 0.3) is 0 Å². The van der Waals surface area contributed by atoms with E-state index in [0.29, 0.717) is 33.6 Å². The Bertz CT molecular complexity index is 854. The number of H-pyrrole nitrogens is 1. The van der Waals surface area contributed by atoms with Crippen LogP contribution in [-0.4, -0.2) is 31.3 Å². The van der Waals surface area contributed by atoms with Gasteiger partial charge in [-0.3, -0.25) is 0 Å². The highest BCUT2D eigenvalue weighted by Gasteiger charge is 2.16. The van der Waals surface area contributed by atoms with E-state index in [1.807, 2.05) is 24.3 Å². The van der Waals surface area contributed by atoms with E-state index in [9.17, 15) is 0 Å². The van der Waals surface area contributed by atoms with Crippen LogP contribution in [0.2, 0.25) is 5.02 Å². The van der Waals surface area contributed by atoms with Crippen LogP contribution < -0.4 is 14.2 Å². The van der Waals surface area contributed by atoms with Crippen molar-refractivity contribution in [1.29, 1.82) is 0 Å². The third-order valence-corrected chi connectivity index (χ3v) is 4.19. The molecule has 0 bridgehead atoms. The third-order valence-electron chi connectivity index (χ3n) is 3.44. The summed E-state index contributed by atoms with van der Waals surface area (Å²) in [7, 11) is 4.72. The van der Waals surface area contributed by atoms with E-state index in [0.717, 1.165) is 15.6 Å². The van der Waals surface area contributed by atoms with Crippen LogP contribution in [0.4, 0.5) is 0 Å². The normalized spacial score (nSPS) is 10.8. The zero-order chi connectivity index (χ0) is 16.6. The molecule has 0 saturated carbocycles. The van der Waals surface area contributed by atoms with Crippen molar-refractivity contribution in [2.24, 2.45) is 0 Å². The molecule has 0 aliphatic carbocycles. The molecule has 120 valence electrons. The minimum atomic E-state index is 0.538. The van der Waals surface area contributed by atoms with E-state index in [1.165, 1.54) is 0 Å². The molecule has 1 aromatic heterocycles. The number of halogens is 2. The number of hydrogen-bond acceptors (Lipinski definition) is 4. The molecule has 23 heavy (non-hydrogen) atoms. The second-order valence-electron chi connectivity index (χ2n) is 4.78. The number of benzene rings is 2. The summed E-state index contributed by atoms with van der Waals surface area (Å²) in [6.45, 7) is 0. The molecule has 0 fully saturated rings. The Labute approximate surface area is 146 Å². The number of nitrogens with one attached hydrogen (secondary N) is 1. The third kappa shape index (κ3) is 2.84. The van der Waals surface area contributed by atoms with Crippen molar-refractivity contribution >= 4 is 38.6 Å². The Morgan fingerprint density at radius 1 is 1.00 bits per heavy atom. The number of nitrogens with zero attached hydrogens (tertiary/aromatic N) is 1. The summed E-state index contributed by atoms with van der Waals surface area (Å²) in [5, 5.41) is 0.573. The Hall–Kier alpha value is -1.92. The van der Waals surface area contributed by atoms with Gasteiger partial charge in [-0.1, -0.05) is 27.5 Å². The molecule has 3 aromatic rings. The number of imidazole rings is 1. The van der Waals surface area contributed by atoms with E-state index in [2.05, 4.69) is 25.9 Å². The molecule has 1 heterocycles. The number of aromatic amines is 1. The fraction of sp³-hybridized carbons (Fsp3) is 0.188. The monoisotopic (exact) mass is 396 g/mol. The summed E-state index contributed by atoms with van der Waals surface area (Å²) in [6, 6.07) is 7.41. The van der Waals surface area contributed by atoms with Crippen molar-refractivity contribution < 1.29 is 14.2 Å². The molecule has 0 aliphatic rings. The van der Waals surface area contributed by atoms with Crippen molar-refractivity contribution in [3.05, 3.63) is 33.8 Å². The van der Waals surface area contributed by atoms with Crippen molar-refractivity contribution in [2.75, 3.05) is 21.3 Å². The highest BCUT2D eigenvalue weighted by Crippen LogP contribution is 2.41. The molecule has 0 radical (unpaired) electrons. The zero-order valence-corrected chi connectivity index (χ0v) is 15.1. The largest absolute Gasteiger partial charge is 0.493 e. The van der Waals surface area contributed by atoms with E-state index in [-0.39, 0.29) is 0 Å². The molecule has 0 atom stereocenters. The van der Waals surface area contributed by atoms with Gasteiger partial charge in [-0.25, -0.2) is 4.98 Å². The molecule has 7 heteroatoms. The molecule has 2 aromatic carbocycles. The van der Waals surface area contributed by atoms with E-state index in [4.69, 9.17) is 25.8 Å². The summed E-state index contributed by atoms with van der Waals surface area (Å²) in [5.74, 6) is 2.33. The number of hydrogen-bond donors (Lipinski definition) is 1.